The predicted molar refractivity (Wildman–Crippen MR) is 91.6 cm³/mol. The van der Waals surface area contributed by atoms with Crippen molar-refractivity contribution in [2.75, 3.05) is 45.8 Å². The van der Waals surface area contributed by atoms with Crippen LogP contribution in [0.2, 0.25) is 0 Å². The monoisotopic (exact) mass is 331 g/mol. The van der Waals surface area contributed by atoms with E-state index in [9.17, 15) is 9.18 Å². The molecule has 24 heavy (non-hydrogen) atoms. The van der Waals surface area contributed by atoms with Crippen molar-refractivity contribution in [2.24, 2.45) is 5.92 Å². The maximum atomic E-state index is 14.1. The molecule has 5 rings (SSSR count). The van der Waals surface area contributed by atoms with Crippen LogP contribution in [0.15, 0.2) is 18.2 Å². The highest BCUT2D eigenvalue weighted by Gasteiger charge is 2.38. The van der Waals surface area contributed by atoms with Gasteiger partial charge in [-0.2, -0.15) is 0 Å². The average Bonchev–Trinajstić information content (AvgIpc) is 2.62. The summed E-state index contributed by atoms with van der Waals surface area (Å²) in [6.45, 7) is 8.76. The number of fused-ring (bicyclic) bond motifs is 3. The van der Waals surface area contributed by atoms with Crippen molar-refractivity contribution in [3.8, 4) is 0 Å². The molecular formula is C19H26FN3O. The van der Waals surface area contributed by atoms with Crippen molar-refractivity contribution in [2.45, 2.75) is 25.8 Å². The van der Waals surface area contributed by atoms with Gasteiger partial charge in [0, 0.05) is 38.8 Å². The molecule has 0 aliphatic carbocycles. The number of piperazine rings is 1. The number of piperidine rings is 3. The molecule has 0 spiro atoms. The molecule has 4 heterocycles. The van der Waals surface area contributed by atoms with Crippen LogP contribution in [-0.2, 0) is 0 Å². The lowest BCUT2D eigenvalue weighted by Gasteiger charge is -2.51. The number of benzene rings is 1. The summed E-state index contributed by atoms with van der Waals surface area (Å²) in [6, 6.07) is 5.52. The second-order valence-corrected chi connectivity index (χ2v) is 7.52. The third kappa shape index (κ3) is 2.95. The smallest absolute Gasteiger partial charge is 0.256 e. The van der Waals surface area contributed by atoms with Gasteiger partial charge in [0.15, 0.2) is 0 Å². The lowest BCUT2D eigenvalue weighted by atomic mass is 9.83. The maximum Gasteiger partial charge on any atom is 0.256 e. The van der Waals surface area contributed by atoms with E-state index >= 15 is 0 Å². The van der Waals surface area contributed by atoms with E-state index in [1.54, 1.807) is 12.1 Å². The molecular weight excluding hydrogens is 305 g/mol. The molecule has 4 nitrogen and oxygen atoms in total. The molecule has 4 aliphatic rings. The number of halogens is 1. The van der Waals surface area contributed by atoms with E-state index in [0.29, 0.717) is 19.1 Å². The molecule has 130 valence electrons. The summed E-state index contributed by atoms with van der Waals surface area (Å²) in [4.78, 5) is 19.5. The molecule has 1 aromatic carbocycles. The molecule has 1 atom stereocenters. The fourth-order valence-electron chi connectivity index (χ4n) is 4.57. The van der Waals surface area contributed by atoms with Gasteiger partial charge in [0.1, 0.15) is 5.82 Å². The van der Waals surface area contributed by atoms with E-state index in [0.717, 1.165) is 24.6 Å². The molecule has 0 saturated carbocycles. The number of carbonyl (C=O) groups excluding carboxylic acids is 1. The zero-order valence-corrected chi connectivity index (χ0v) is 14.4. The topological polar surface area (TPSA) is 26.8 Å². The average molecular weight is 331 g/mol. The Balaban J connectivity index is 1.38. The number of carbonyl (C=O) groups is 1. The Morgan fingerprint density at radius 1 is 1.08 bits per heavy atom. The third-order valence-electron chi connectivity index (χ3n) is 6.05. The first-order valence-electron chi connectivity index (χ1n) is 9.13. The van der Waals surface area contributed by atoms with E-state index in [1.807, 2.05) is 11.8 Å². The van der Waals surface area contributed by atoms with Crippen LogP contribution in [0.5, 0.6) is 0 Å². The molecule has 1 aromatic rings. The fourth-order valence-corrected chi connectivity index (χ4v) is 4.57. The summed E-state index contributed by atoms with van der Waals surface area (Å²) < 4.78 is 14.1. The van der Waals surface area contributed by atoms with Gasteiger partial charge in [-0.25, -0.2) is 4.39 Å². The minimum Gasteiger partial charge on any atom is -0.336 e. The molecule has 0 aromatic heterocycles. The highest BCUT2D eigenvalue weighted by atomic mass is 19.1. The summed E-state index contributed by atoms with van der Waals surface area (Å²) in [7, 11) is 0. The third-order valence-corrected chi connectivity index (χ3v) is 6.05. The summed E-state index contributed by atoms with van der Waals surface area (Å²) in [5.41, 5.74) is 1.05. The summed E-state index contributed by atoms with van der Waals surface area (Å²) in [6.07, 6.45) is 2.64. The fraction of sp³-hybridized carbons (Fsp3) is 0.632. The Morgan fingerprint density at radius 3 is 2.38 bits per heavy atom. The highest BCUT2D eigenvalue weighted by molar-refractivity contribution is 5.94. The van der Waals surface area contributed by atoms with Crippen LogP contribution >= 0.6 is 0 Å². The van der Waals surface area contributed by atoms with Crippen LogP contribution in [0.25, 0.3) is 0 Å². The van der Waals surface area contributed by atoms with Crippen LogP contribution in [0, 0.1) is 18.7 Å². The van der Waals surface area contributed by atoms with Crippen LogP contribution in [0.4, 0.5) is 4.39 Å². The maximum absolute atomic E-state index is 14.1. The minimum atomic E-state index is -0.403. The van der Waals surface area contributed by atoms with Gasteiger partial charge in [-0.15, -0.1) is 0 Å². The second-order valence-electron chi connectivity index (χ2n) is 7.52. The number of nitrogens with zero attached hydrogens (tertiary/aromatic N) is 3. The van der Waals surface area contributed by atoms with Gasteiger partial charge in [0.25, 0.3) is 5.91 Å². The molecule has 0 N–H and O–H groups in total. The molecule has 4 aliphatic heterocycles. The molecule has 1 unspecified atom stereocenters. The first-order valence-corrected chi connectivity index (χ1v) is 9.13. The van der Waals surface area contributed by atoms with E-state index in [-0.39, 0.29) is 11.5 Å². The first kappa shape index (κ1) is 16.0. The first-order chi connectivity index (χ1) is 11.6. The van der Waals surface area contributed by atoms with E-state index in [4.69, 9.17) is 0 Å². The van der Waals surface area contributed by atoms with E-state index in [1.165, 1.54) is 38.5 Å². The zero-order chi connectivity index (χ0) is 16.7. The van der Waals surface area contributed by atoms with Crippen molar-refractivity contribution in [3.63, 3.8) is 0 Å². The second kappa shape index (κ2) is 6.45. The molecule has 4 saturated heterocycles. The normalized spacial score (nSPS) is 30.6. The molecule has 5 heteroatoms. The van der Waals surface area contributed by atoms with Crippen molar-refractivity contribution < 1.29 is 9.18 Å². The lowest BCUT2D eigenvalue weighted by Crippen LogP contribution is -2.61. The lowest BCUT2D eigenvalue weighted by molar-refractivity contribution is -0.0131. The van der Waals surface area contributed by atoms with E-state index < -0.39 is 5.82 Å². The zero-order valence-electron chi connectivity index (χ0n) is 14.4. The van der Waals surface area contributed by atoms with Gasteiger partial charge in [-0.1, -0.05) is 6.07 Å². The summed E-state index contributed by atoms with van der Waals surface area (Å²) in [5, 5.41) is 0. The van der Waals surface area contributed by atoms with Gasteiger partial charge >= 0.3 is 0 Å². The Bertz CT molecular complexity index is 619. The quantitative estimate of drug-likeness (QED) is 0.829. The van der Waals surface area contributed by atoms with Crippen LogP contribution in [-0.4, -0.2) is 72.5 Å². The number of amides is 1. The van der Waals surface area contributed by atoms with Crippen molar-refractivity contribution in [1.29, 1.82) is 0 Å². The van der Waals surface area contributed by atoms with Crippen molar-refractivity contribution in [1.82, 2.24) is 14.7 Å². The number of aryl methyl sites for hydroxylation is 1. The van der Waals surface area contributed by atoms with Gasteiger partial charge in [0.05, 0.1) is 5.56 Å². The standard InChI is InChI=1S/C19H26FN3O/c1-14-2-3-16(17(20)12-14)19(24)23-10-8-22(9-11-23)18-13-21-6-4-15(18)5-7-21/h2-3,12,15,18H,4-11,13H2,1H3. The van der Waals surface area contributed by atoms with Crippen molar-refractivity contribution >= 4 is 5.91 Å². The minimum absolute atomic E-state index is 0.166. The summed E-state index contributed by atoms with van der Waals surface area (Å²) in [5.74, 6) is 0.257. The van der Waals surface area contributed by atoms with Crippen LogP contribution < -0.4 is 0 Å². The number of rotatable bonds is 2. The predicted octanol–water partition coefficient (Wildman–Crippen LogP) is 1.99. The molecule has 0 radical (unpaired) electrons. The van der Waals surface area contributed by atoms with Gasteiger partial charge in [-0.3, -0.25) is 9.69 Å². The van der Waals surface area contributed by atoms with Gasteiger partial charge in [0.2, 0.25) is 0 Å². The highest BCUT2D eigenvalue weighted by Crippen LogP contribution is 2.31. The van der Waals surface area contributed by atoms with Gasteiger partial charge < -0.3 is 9.80 Å². The van der Waals surface area contributed by atoms with Crippen LogP contribution in [0.1, 0.15) is 28.8 Å². The Labute approximate surface area is 143 Å². The van der Waals surface area contributed by atoms with Gasteiger partial charge in [-0.05, 0) is 56.5 Å². The largest absolute Gasteiger partial charge is 0.336 e. The Morgan fingerprint density at radius 2 is 1.79 bits per heavy atom. The van der Waals surface area contributed by atoms with Crippen molar-refractivity contribution in [3.05, 3.63) is 35.1 Å². The number of hydrogen-bond acceptors (Lipinski definition) is 3. The molecule has 1 amide bonds. The van der Waals surface area contributed by atoms with Crippen LogP contribution in [0.3, 0.4) is 0 Å². The SMILES string of the molecule is Cc1ccc(C(=O)N2CCN(C3CN4CCC3CC4)CC2)c(F)c1. The Kier molecular flexibility index (Phi) is 4.31. The summed E-state index contributed by atoms with van der Waals surface area (Å²) >= 11 is 0. The molecule has 4 fully saturated rings. The Hall–Kier alpha value is -1.46. The number of hydrogen-bond donors (Lipinski definition) is 0. The molecule has 2 bridgehead atoms. The van der Waals surface area contributed by atoms with E-state index in [2.05, 4.69) is 9.80 Å².